The highest BCUT2D eigenvalue weighted by atomic mass is 16.5. The Morgan fingerprint density at radius 2 is 2.04 bits per heavy atom. The average molecular weight is 342 g/mol. The third kappa shape index (κ3) is 3.57. The van der Waals surface area contributed by atoms with E-state index in [-0.39, 0.29) is 17.6 Å². The molecule has 0 spiro atoms. The van der Waals surface area contributed by atoms with E-state index in [4.69, 9.17) is 4.74 Å². The molecule has 2 aromatic rings. The van der Waals surface area contributed by atoms with Crippen LogP contribution in [0, 0.1) is 5.92 Å². The summed E-state index contributed by atoms with van der Waals surface area (Å²) in [5.41, 5.74) is 1.39. The van der Waals surface area contributed by atoms with Crippen molar-refractivity contribution in [2.75, 3.05) is 13.1 Å². The Kier molecular flexibility index (Phi) is 4.88. The zero-order chi connectivity index (χ0) is 18.0. The molecule has 1 aliphatic heterocycles. The topological polar surface area (TPSA) is 79.5 Å². The van der Waals surface area contributed by atoms with Crippen molar-refractivity contribution in [2.24, 2.45) is 5.92 Å². The van der Waals surface area contributed by atoms with Gasteiger partial charge in [-0.1, -0.05) is 18.2 Å². The van der Waals surface area contributed by atoms with E-state index in [9.17, 15) is 14.4 Å². The number of nitrogens with one attached hydrogen (secondary N) is 1. The molecule has 3 rings (SSSR count). The van der Waals surface area contributed by atoms with Crippen LogP contribution in [0.15, 0.2) is 30.5 Å². The van der Waals surface area contributed by atoms with Gasteiger partial charge in [0.25, 0.3) is 0 Å². The minimum Gasteiger partial charge on any atom is -0.454 e. The van der Waals surface area contributed by atoms with E-state index in [0.29, 0.717) is 25.1 Å². The zero-order valence-corrected chi connectivity index (χ0v) is 14.5. The molecule has 0 bridgehead atoms. The first kappa shape index (κ1) is 17.2. The van der Waals surface area contributed by atoms with Crippen LogP contribution in [-0.4, -0.2) is 46.7 Å². The number of ketones is 1. The number of carbonyl (C=O) groups is 3. The van der Waals surface area contributed by atoms with Gasteiger partial charge in [-0.05, 0) is 25.8 Å². The average Bonchev–Trinajstić information content (AvgIpc) is 3.05. The molecular formula is C19H22N2O4. The van der Waals surface area contributed by atoms with Crippen LogP contribution in [0.2, 0.25) is 0 Å². The third-order valence-electron chi connectivity index (χ3n) is 4.72. The summed E-state index contributed by atoms with van der Waals surface area (Å²) in [5.74, 6) is -1.05. The number of para-hydroxylation sites is 1. The lowest BCUT2D eigenvalue weighted by molar-refractivity contribution is -0.154. The summed E-state index contributed by atoms with van der Waals surface area (Å²) in [4.78, 5) is 41.2. The summed E-state index contributed by atoms with van der Waals surface area (Å²) in [6.07, 6.45) is 2.23. The van der Waals surface area contributed by atoms with E-state index in [2.05, 4.69) is 4.98 Å². The Labute approximate surface area is 146 Å². The minimum absolute atomic E-state index is 0.0413. The molecule has 2 atom stereocenters. The van der Waals surface area contributed by atoms with Gasteiger partial charge in [-0.15, -0.1) is 0 Å². The van der Waals surface area contributed by atoms with E-state index in [0.717, 1.165) is 17.3 Å². The number of hydrogen-bond acceptors (Lipinski definition) is 4. The molecule has 25 heavy (non-hydrogen) atoms. The molecule has 0 saturated carbocycles. The lowest BCUT2D eigenvalue weighted by Gasteiger charge is -2.31. The summed E-state index contributed by atoms with van der Waals surface area (Å²) in [5, 5.41) is 0.816. The first-order valence-electron chi connectivity index (χ1n) is 8.53. The maximum Gasteiger partial charge on any atom is 0.311 e. The maximum atomic E-state index is 12.6. The van der Waals surface area contributed by atoms with Crippen LogP contribution in [0.25, 0.3) is 10.9 Å². The number of nitrogens with zero attached hydrogens (tertiary/aromatic N) is 1. The van der Waals surface area contributed by atoms with Gasteiger partial charge in [0.1, 0.15) is 0 Å². The van der Waals surface area contributed by atoms with Crippen molar-refractivity contribution >= 4 is 28.6 Å². The fourth-order valence-electron chi connectivity index (χ4n) is 3.27. The largest absolute Gasteiger partial charge is 0.454 e. The van der Waals surface area contributed by atoms with E-state index in [1.54, 1.807) is 18.0 Å². The van der Waals surface area contributed by atoms with Crippen molar-refractivity contribution < 1.29 is 19.1 Å². The number of rotatable bonds is 4. The number of aromatic nitrogens is 1. The van der Waals surface area contributed by atoms with E-state index in [1.807, 2.05) is 24.3 Å². The molecule has 6 nitrogen and oxygen atoms in total. The minimum atomic E-state index is -0.862. The number of likely N-dealkylation sites (tertiary alicyclic amines) is 1. The number of benzene rings is 1. The first-order valence-corrected chi connectivity index (χ1v) is 8.53. The highest BCUT2D eigenvalue weighted by Crippen LogP contribution is 2.22. The van der Waals surface area contributed by atoms with Crippen molar-refractivity contribution in [3.63, 3.8) is 0 Å². The highest BCUT2D eigenvalue weighted by molar-refractivity contribution is 6.10. The van der Waals surface area contributed by atoms with E-state index < -0.39 is 12.1 Å². The molecule has 0 unspecified atom stereocenters. The lowest BCUT2D eigenvalue weighted by Crippen LogP contribution is -2.42. The van der Waals surface area contributed by atoms with Crippen molar-refractivity contribution in [1.82, 2.24) is 9.88 Å². The lowest BCUT2D eigenvalue weighted by atomic mass is 9.98. The van der Waals surface area contributed by atoms with Crippen LogP contribution in [0.1, 0.15) is 37.0 Å². The molecule has 1 amide bonds. The summed E-state index contributed by atoms with van der Waals surface area (Å²) in [6.45, 7) is 4.12. The quantitative estimate of drug-likeness (QED) is 0.684. The van der Waals surface area contributed by atoms with E-state index >= 15 is 0 Å². The number of H-pyrrole nitrogens is 1. The Morgan fingerprint density at radius 1 is 1.28 bits per heavy atom. The number of fused-ring (bicyclic) bond motifs is 1. The number of piperidine rings is 1. The predicted octanol–water partition coefficient (Wildman–Crippen LogP) is 2.54. The molecule has 2 heterocycles. The van der Waals surface area contributed by atoms with Gasteiger partial charge >= 0.3 is 5.97 Å². The second kappa shape index (κ2) is 7.09. The van der Waals surface area contributed by atoms with Crippen LogP contribution in [0.4, 0.5) is 0 Å². The van der Waals surface area contributed by atoms with Crippen molar-refractivity contribution in [1.29, 1.82) is 0 Å². The Morgan fingerprint density at radius 3 is 2.80 bits per heavy atom. The van der Waals surface area contributed by atoms with Gasteiger partial charge in [-0.2, -0.15) is 0 Å². The molecule has 6 heteroatoms. The molecule has 1 saturated heterocycles. The normalized spacial score (nSPS) is 18.8. The summed E-state index contributed by atoms with van der Waals surface area (Å²) >= 11 is 0. The number of hydrogen-bond donors (Lipinski definition) is 1. The third-order valence-corrected chi connectivity index (χ3v) is 4.72. The van der Waals surface area contributed by atoms with Crippen LogP contribution >= 0.6 is 0 Å². The predicted molar refractivity (Wildman–Crippen MR) is 93.2 cm³/mol. The van der Waals surface area contributed by atoms with E-state index in [1.165, 1.54) is 6.92 Å². The standard InChI is InChI=1S/C19H22N2O4/c1-12(18(23)16-10-20-17-8-4-3-7-15(16)17)25-19(24)14-6-5-9-21(11-14)13(2)22/h3-4,7-8,10,12,14,20H,5-6,9,11H2,1-2H3/t12-,14-/m1/s1. The molecule has 0 aliphatic carbocycles. The van der Waals surface area contributed by atoms with Gasteiger partial charge < -0.3 is 14.6 Å². The summed E-state index contributed by atoms with van der Waals surface area (Å²) in [6, 6.07) is 7.50. The fraction of sp³-hybridized carbons (Fsp3) is 0.421. The molecule has 132 valence electrons. The van der Waals surface area contributed by atoms with Crippen LogP contribution in [0.3, 0.4) is 0 Å². The molecular weight excluding hydrogens is 320 g/mol. The molecule has 1 aromatic heterocycles. The van der Waals surface area contributed by atoms with Crippen molar-refractivity contribution in [3.05, 3.63) is 36.0 Å². The summed E-state index contributed by atoms with van der Waals surface area (Å²) in [7, 11) is 0. The monoisotopic (exact) mass is 342 g/mol. The molecule has 1 fully saturated rings. The molecule has 1 aromatic carbocycles. The van der Waals surface area contributed by atoms with Gasteiger partial charge in [-0.3, -0.25) is 14.4 Å². The van der Waals surface area contributed by atoms with Crippen LogP contribution in [0.5, 0.6) is 0 Å². The zero-order valence-electron chi connectivity index (χ0n) is 14.5. The van der Waals surface area contributed by atoms with Crippen molar-refractivity contribution in [2.45, 2.75) is 32.8 Å². The number of carbonyl (C=O) groups excluding carboxylic acids is 3. The SMILES string of the molecule is CC(=O)N1CCC[C@@H](C(=O)O[C@H](C)C(=O)c2c[nH]c3ccccc23)C1. The van der Waals surface area contributed by atoms with Gasteiger partial charge in [0.05, 0.1) is 5.92 Å². The first-order chi connectivity index (χ1) is 12.0. The number of esters is 1. The van der Waals surface area contributed by atoms with Gasteiger partial charge in [-0.25, -0.2) is 0 Å². The van der Waals surface area contributed by atoms with Gasteiger partial charge in [0, 0.05) is 42.7 Å². The highest BCUT2D eigenvalue weighted by Gasteiger charge is 2.31. The number of Topliss-reactive ketones (excluding diaryl/α,β-unsaturated/α-hetero) is 1. The van der Waals surface area contributed by atoms with Crippen LogP contribution in [-0.2, 0) is 14.3 Å². The Bertz CT molecular complexity index is 811. The maximum absolute atomic E-state index is 12.6. The fourth-order valence-corrected chi connectivity index (χ4v) is 3.27. The Hall–Kier alpha value is -2.63. The summed E-state index contributed by atoms with van der Waals surface area (Å²) < 4.78 is 5.41. The van der Waals surface area contributed by atoms with Gasteiger partial charge in [0.15, 0.2) is 6.10 Å². The number of amides is 1. The second-order valence-electron chi connectivity index (χ2n) is 6.50. The number of ether oxygens (including phenoxy) is 1. The second-order valence-corrected chi connectivity index (χ2v) is 6.50. The smallest absolute Gasteiger partial charge is 0.311 e. The number of aromatic amines is 1. The molecule has 1 N–H and O–H groups in total. The van der Waals surface area contributed by atoms with Crippen molar-refractivity contribution in [3.8, 4) is 0 Å². The molecule has 1 aliphatic rings. The molecule has 0 radical (unpaired) electrons. The van der Waals surface area contributed by atoms with Crippen LogP contribution < -0.4 is 0 Å². The Balaban J connectivity index is 1.67. The van der Waals surface area contributed by atoms with Gasteiger partial charge in [0.2, 0.25) is 11.7 Å².